The van der Waals surface area contributed by atoms with Gasteiger partial charge in [-0.25, -0.2) is 0 Å². The summed E-state index contributed by atoms with van der Waals surface area (Å²) in [6.07, 6.45) is 18.3. The van der Waals surface area contributed by atoms with E-state index in [1.54, 1.807) is 18.4 Å². The second-order valence-corrected chi connectivity index (χ2v) is 5.75. The number of hydrogen-bond acceptors (Lipinski definition) is 2. The molecule has 28 heavy (non-hydrogen) atoms. The van der Waals surface area contributed by atoms with Gasteiger partial charge in [-0.3, -0.25) is 9.98 Å². The van der Waals surface area contributed by atoms with Gasteiger partial charge in [-0.1, -0.05) is 74.9 Å². The predicted molar refractivity (Wildman–Crippen MR) is 127 cm³/mol. The first kappa shape index (κ1) is 22.5. The van der Waals surface area contributed by atoms with E-state index in [9.17, 15) is 0 Å². The van der Waals surface area contributed by atoms with E-state index in [4.69, 9.17) is 0 Å². The van der Waals surface area contributed by atoms with Crippen LogP contribution in [0.5, 0.6) is 0 Å². The lowest BCUT2D eigenvalue weighted by atomic mass is 9.97. The number of rotatable bonds is 10. The molecule has 1 rings (SSSR count). The first-order chi connectivity index (χ1) is 13.6. The second kappa shape index (κ2) is 12.8. The van der Waals surface area contributed by atoms with Gasteiger partial charge in [-0.2, -0.15) is 0 Å². The van der Waals surface area contributed by atoms with Crippen LogP contribution in [0.25, 0.3) is 5.57 Å². The van der Waals surface area contributed by atoms with Gasteiger partial charge >= 0.3 is 0 Å². The zero-order valence-corrected chi connectivity index (χ0v) is 16.8. The van der Waals surface area contributed by atoms with E-state index < -0.39 is 0 Å². The van der Waals surface area contributed by atoms with Crippen LogP contribution in [0.2, 0.25) is 0 Å². The van der Waals surface area contributed by atoms with Crippen LogP contribution < -0.4 is 0 Å². The normalized spacial score (nSPS) is 13.8. The van der Waals surface area contributed by atoms with Crippen molar-refractivity contribution in [1.82, 2.24) is 0 Å². The fourth-order valence-electron chi connectivity index (χ4n) is 2.52. The molecule has 1 aromatic rings. The average molecular weight is 369 g/mol. The van der Waals surface area contributed by atoms with Crippen molar-refractivity contribution in [2.24, 2.45) is 9.98 Å². The molecule has 0 aromatic heterocycles. The van der Waals surface area contributed by atoms with Crippen molar-refractivity contribution in [3.8, 4) is 0 Å². The molecule has 0 fully saturated rings. The number of nitrogens with zero attached hydrogens (tertiary/aromatic N) is 2. The summed E-state index contributed by atoms with van der Waals surface area (Å²) >= 11 is 0. The second-order valence-electron chi connectivity index (χ2n) is 5.75. The van der Waals surface area contributed by atoms with Crippen molar-refractivity contribution >= 4 is 17.0 Å². The van der Waals surface area contributed by atoms with Crippen LogP contribution in [0, 0.1) is 0 Å². The molecule has 0 spiro atoms. The molecule has 0 bridgehead atoms. The lowest BCUT2D eigenvalue weighted by molar-refractivity contribution is 1.49. The molecule has 0 aliphatic rings. The van der Waals surface area contributed by atoms with Gasteiger partial charge < -0.3 is 0 Å². The number of benzene rings is 1. The Morgan fingerprint density at radius 1 is 0.929 bits per heavy atom. The van der Waals surface area contributed by atoms with Crippen molar-refractivity contribution in [2.75, 3.05) is 0 Å². The maximum atomic E-state index is 4.37. The van der Waals surface area contributed by atoms with Gasteiger partial charge in [-0.15, -0.1) is 0 Å². The van der Waals surface area contributed by atoms with E-state index in [-0.39, 0.29) is 0 Å². The van der Waals surface area contributed by atoms with Gasteiger partial charge in [-0.05, 0) is 54.9 Å². The van der Waals surface area contributed by atoms with Crippen LogP contribution in [0.4, 0.5) is 0 Å². The summed E-state index contributed by atoms with van der Waals surface area (Å²) in [6, 6.07) is 8.18. The van der Waals surface area contributed by atoms with Gasteiger partial charge in [0.2, 0.25) is 0 Å². The van der Waals surface area contributed by atoms with Gasteiger partial charge in [0.05, 0.1) is 11.4 Å². The van der Waals surface area contributed by atoms with Crippen LogP contribution in [0.15, 0.2) is 127 Å². The van der Waals surface area contributed by atoms with E-state index in [0.717, 1.165) is 33.7 Å². The lowest BCUT2D eigenvalue weighted by Gasteiger charge is -2.09. The summed E-state index contributed by atoms with van der Waals surface area (Å²) in [5.41, 5.74) is 5.79. The molecule has 0 unspecified atom stereocenters. The largest absolute Gasteiger partial charge is 0.257 e. The number of aliphatic imine (C=N–C) groups is 2. The highest BCUT2D eigenvalue weighted by Crippen LogP contribution is 2.21. The van der Waals surface area contributed by atoms with Crippen molar-refractivity contribution < 1.29 is 0 Å². The Bertz CT molecular complexity index is 900. The smallest absolute Gasteiger partial charge is 0.0701 e. The molecule has 0 N–H and O–H groups in total. The van der Waals surface area contributed by atoms with E-state index >= 15 is 0 Å². The summed E-state index contributed by atoms with van der Waals surface area (Å²) in [7, 11) is 0. The minimum atomic E-state index is 0.818. The minimum Gasteiger partial charge on any atom is -0.257 e. The molecule has 0 aliphatic heterocycles. The van der Waals surface area contributed by atoms with Gasteiger partial charge in [0.1, 0.15) is 0 Å². The third-order valence-corrected chi connectivity index (χ3v) is 3.74. The van der Waals surface area contributed by atoms with Crippen LogP contribution in [0.1, 0.15) is 25.0 Å². The zero-order valence-electron chi connectivity index (χ0n) is 16.8. The summed E-state index contributed by atoms with van der Waals surface area (Å²) in [5.74, 6) is 0. The van der Waals surface area contributed by atoms with E-state index in [1.165, 1.54) is 6.20 Å². The summed E-state index contributed by atoms with van der Waals surface area (Å²) in [6.45, 7) is 19.0. The van der Waals surface area contributed by atoms with E-state index in [0.29, 0.717) is 0 Å². The van der Waals surface area contributed by atoms with Gasteiger partial charge in [0, 0.05) is 18.0 Å². The average Bonchev–Trinajstić information content (AvgIpc) is 2.70. The van der Waals surface area contributed by atoms with Crippen LogP contribution >= 0.6 is 0 Å². The molecule has 0 amide bonds. The molecule has 2 heteroatoms. The first-order valence-corrected chi connectivity index (χ1v) is 9.02. The Hall–Kier alpha value is -3.52. The monoisotopic (exact) mass is 368 g/mol. The quantitative estimate of drug-likeness (QED) is 0.312. The van der Waals surface area contributed by atoms with Crippen LogP contribution in [-0.4, -0.2) is 11.4 Å². The molecule has 1 aromatic carbocycles. The fraction of sp³-hybridized carbons (Fsp3) is 0.0769. The highest BCUT2D eigenvalue weighted by molar-refractivity contribution is 6.11. The first-order valence-electron chi connectivity index (χ1n) is 9.02. The molecule has 0 heterocycles. The molecular weight excluding hydrogens is 340 g/mol. The van der Waals surface area contributed by atoms with Crippen molar-refractivity contribution in [2.45, 2.75) is 13.8 Å². The molecule has 0 saturated carbocycles. The Balaban J connectivity index is 3.47. The maximum absolute atomic E-state index is 4.37. The SMILES string of the molecule is C=C/C=C\C(=N/C=C)c1cccc(C(/C=C(C)/C(/C=C\C)=N/C=C)=C/C=C)c1. The fourth-order valence-corrected chi connectivity index (χ4v) is 2.52. The van der Waals surface area contributed by atoms with Crippen molar-refractivity contribution in [1.29, 1.82) is 0 Å². The Labute approximate surface area is 169 Å². The topological polar surface area (TPSA) is 24.7 Å². The lowest BCUT2D eigenvalue weighted by Crippen LogP contribution is -1.99. The molecule has 0 aliphatic carbocycles. The Kier molecular flexibility index (Phi) is 10.3. The Morgan fingerprint density at radius 2 is 1.64 bits per heavy atom. The molecular formula is C26H28N2. The third kappa shape index (κ3) is 7.00. The zero-order chi connectivity index (χ0) is 20.8. The standard InChI is InChI=1S/C26H28N2/c1-7-12-18-26(28-11-5)24-17-13-16-23(20-24)22(14-8-2)19-21(6)25(15-9-3)27-10-4/h7-20H,1-2,4-5H2,3,6H3/b15-9-,18-12-,21-19+,22-14+,27-25+,28-26+. The molecule has 0 atom stereocenters. The molecule has 0 saturated heterocycles. The van der Waals surface area contributed by atoms with E-state index in [2.05, 4.69) is 54.5 Å². The minimum absolute atomic E-state index is 0.818. The molecule has 142 valence electrons. The van der Waals surface area contributed by atoms with E-state index in [1.807, 2.05) is 56.4 Å². The van der Waals surface area contributed by atoms with Crippen LogP contribution in [-0.2, 0) is 0 Å². The van der Waals surface area contributed by atoms with Crippen molar-refractivity contribution in [3.05, 3.63) is 128 Å². The van der Waals surface area contributed by atoms with Gasteiger partial charge in [0.15, 0.2) is 0 Å². The summed E-state index contributed by atoms with van der Waals surface area (Å²) < 4.78 is 0. The molecule has 0 radical (unpaired) electrons. The third-order valence-electron chi connectivity index (χ3n) is 3.74. The highest BCUT2D eigenvalue weighted by atomic mass is 14.7. The summed E-state index contributed by atoms with van der Waals surface area (Å²) in [5, 5.41) is 0. The molecule has 2 nitrogen and oxygen atoms in total. The van der Waals surface area contributed by atoms with Crippen LogP contribution in [0.3, 0.4) is 0 Å². The van der Waals surface area contributed by atoms with Gasteiger partial charge in [0.25, 0.3) is 0 Å². The number of hydrogen-bond donors (Lipinski definition) is 0. The predicted octanol–water partition coefficient (Wildman–Crippen LogP) is 7.04. The Morgan fingerprint density at radius 3 is 2.25 bits per heavy atom. The maximum Gasteiger partial charge on any atom is 0.0701 e. The number of allylic oxidation sites excluding steroid dienone is 10. The summed E-state index contributed by atoms with van der Waals surface area (Å²) in [4.78, 5) is 8.72. The van der Waals surface area contributed by atoms with Crippen molar-refractivity contribution in [3.63, 3.8) is 0 Å². The highest BCUT2D eigenvalue weighted by Gasteiger charge is 2.05.